The number of aromatic nitrogens is 2. The van der Waals surface area contributed by atoms with Gasteiger partial charge in [-0.15, -0.1) is 0 Å². The van der Waals surface area contributed by atoms with E-state index in [1.807, 2.05) is 30.3 Å². The lowest BCUT2D eigenvalue weighted by Gasteiger charge is -2.09. The highest BCUT2D eigenvalue weighted by Gasteiger charge is 2.29. The highest BCUT2D eigenvalue weighted by Crippen LogP contribution is 2.43. The Balaban J connectivity index is 2.04. The molecule has 1 aromatic heterocycles. The predicted molar refractivity (Wildman–Crippen MR) is 87.8 cm³/mol. The molecule has 0 atom stereocenters. The third-order valence-corrected chi connectivity index (χ3v) is 4.49. The standard InChI is InChI=1S/C16H12BrClN2O/c17-9-1-6-15(21)12(7-9)16-19-13-5-2-10(18)8-14(13)20(16)11-3-4-11/h1-2,5-8,11,21H,3-4H2. The van der Waals surface area contributed by atoms with E-state index in [4.69, 9.17) is 16.6 Å². The molecule has 0 spiro atoms. The van der Waals surface area contributed by atoms with E-state index in [1.165, 1.54) is 0 Å². The van der Waals surface area contributed by atoms with Crippen LogP contribution in [0.15, 0.2) is 40.9 Å². The van der Waals surface area contributed by atoms with Crippen LogP contribution in [0.5, 0.6) is 5.75 Å². The Hall–Kier alpha value is -1.52. The van der Waals surface area contributed by atoms with Crippen molar-refractivity contribution < 1.29 is 5.11 Å². The summed E-state index contributed by atoms with van der Waals surface area (Å²) < 4.78 is 3.12. The fraction of sp³-hybridized carbons (Fsp3) is 0.188. The molecule has 0 amide bonds. The van der Waals surface area contributed by atoms with Crippen molar-refractivity contribution in [3.63, 3.8) is 0 Å². The largest absolute Gasteiger partial charge is 0.507 e. The molecular weight excluding hydrogens is 352 g/mol. The van der Waals surface area contributed by atoms with Crippen molar-refractivity contribution in [2.75, 3.05) is 0 Å². The summed E-state index contributed by atoms with van der Waals surface area (Å²) in [6, 6.07) is 11.6. The molecule has 0 aliphatic heterocycles. The van der Waals surface area contributed by atoms with Gasteiger partial charge in [0.25, 0.3) is 0 Å². The number of phenolic OH excluding ortho intramolecular Hbond substituents is 1. The van der Waals surface area contributed by atoms with Crippen LogP contribution in [-0.2, 0) is 0 Å². The predicted octanol–water partition coefficient (Wildman–Crippen LogP) is 5.16. The van der Waals surface area contributed by atoms with Crippen molar-refractivity contribution in [1.82, 2.24) is 9.55 Å². The van der Waals surface area contributed by atoms with Crippen molar-refractivity contribution >= 4 is 38.6 Å². The maximum Gasteiger partial charge on any atom is 0.145 e. The first-order valence-electron chi connectivity index (χ1n) is 6.80. The van der Waals surface area contributed by atoms with Crippen LogP contribution in [0.3, 0.4) is 0 Å². The highest BCUT2D eigenvalue weighted by molar-refractivity contribution is 9.10. The van der Waals surface area contributed by atoms with Crippen molar-refractivity contribution in [3.05, 3.63) is 45.9 Å². The van der Waals surface area contributed by atoms with Gasteiger partial charge in [0.1, 0.15) is 11.6 Å². The zero-order valence-corrected chi connectivity index (χ0v) is 13.4. The third kappa shape index (κ3) is 2.23. The molecule has 0 unspecified atom stereocenters. The Kier molecular flexibility index (Phi) is 2.98. The maximum absolute atomic E-state index is 10.2. The number of hydrogen-bond donors (Lipinski definition) is 1. The average molecular weight is 364 g/mol. The second kappa shape index (κ2) is 4.75. The van der Waals surface area contributed by atoms with Crippen LogP contribution < -0.4 is 0 Å². The van der Waals surface area contributed by atoms with E-state index in [9.17, 15) is 5.11 Å². The van der Waals surface area contributed by atoms with E-state index in [0.717, 1.165) is 39.7 Å². The quantitative estimate of drug-likeness (QED) is 0.683. The first-order chi connectivity index (χ1) is 10.1. The van der Waals surface area contributed by atoms with Crippen LogP contribution >= 0.6 is 27.5 Å². The van der Waals surface area contributed by atoms with E-state index >= 15 is 0 Å². The van der Waals surface area contributed by atoms with Gasteiger partial charge in [-0.25, -0.2) is 4.98 Å². The number of phenols is 1. The number of rotatable bonds is 2. The SMILES string of the molecule is Oc1ccc(Br)cc1-c1nc2ccc(Cl)cc2n1C1CC1. The summed E-state index contributed by atoms with van der Waals surface area (Å²) in [7, 11) is 0. The molecule has 3 aromatic rings. The van der Waals surface area contributed by atoms with Crippen molar-refractivity contribution in [3.8, 4) is 17.1 Å². The van der Waals surface area contributed by atoms with Gasteiger partial charge in [0.05, 0.1) is 16.6 Å². The molecule has 0 radical (unpaired) electrons. The van der Waals surface area contributed by atoms with E-state index < -0.39 is 0 Å². The first kappa shape index (κ1) is 13.2. The summed E-state index contributed by atoms with van der Waals surface area (Å²) in [6.45, 7) is 0. The molecule has 1 saturated carbocycles. The van der Waals surface area contributed by atoms with Gasteiger partial charge >= 0.3 is 0 Å². The fourth-order valence-corrected chi connectivity index (χ4v) is 3.17. The molecular formula is C16H12BrClN2O. The molecule has 2 aromatic carbocycles. The first-order valence-corrected chi connectivity index (χ1v) is 7.97. The monoisotopic (exact) mass is 362 g/mol. The number of halogens is 2. The van der Waals surface area contributed by atoms with Gasteiger partial charge in [0.2, 0.25) is 0 Å². The third-order valence-electron chi connectivity index (χ3n) is 3.76. The van der Waals surface area contributed by atoms with Gasteiger partial charge < -0.3 is 9.67 Å². The minimum absolute atomic E-state index is 0.238. The van der Waals surface area contributed by atoms with Crippen molar-refractivity contribution in [2.24, 2.45) is 0 Å². The zero-order chi connectivity index (χ0) is 14.6. The topological polar surface area (TPSA) is 38.1 Å². The highest BCUT2D eigenvalue weighted by atomic mass is 79.9. The summed E-state index contributed by atoms with van der Waals surface area (Å²) in [5.74, 6) is 1.04. The number of nitrogens with zero attached hydrogens (tertiary/aromatic N) is 2. The molecule has 21 heavy (non-hydrogen) atoms. The molecule has 1 heterocycles. The van der Waals surface area contributed by atoms with Gasteiger partial charge in [-0.05, 0) is 49.2 Å². The molecule has 3 nitrogen and oxygen atoms in total. The lowest BCUT2D eigenvalue weighted by molar-refractivity contribution is 0.476. The van der Waals surface area contributed by atoms with Crippen molar-refractivity contribution in [2.45, 2.75) is 18.9 Å². The number of fused-ring (bicyclic) bond motifs is 1. The Bertz CT molecular complexity index is 855. The summed E-state index contributed by atoms with van der Waals surface area (Å²) >= 11 is 9.59. The number of imidazole rings is 1. The van der Waals surface area contributed by atoms with Gasteiger partial charge in [-0.2, -0.15) is 0 Å². The number of aromatic hydroxyl groups is 1. The molecule has 1 aliphatic carbocycles. The summed E-state index contributed by atoms with van der Waals surface area (Å²) in [6.07, 6.45) is 2.28. The maximum atomic E-state index is 10.2. The number of hydrogen-bond acceptors (Lipinski definition) is 2. The van der Waals surface area contributed by atoms with Crippen molar-refractivity contribution in [1.29, 1.82) is 0 Å². The van der Waals surface area contributed by atoms with Crippen LogP contribution in [0.25, 0.3) is 22.4 Å². The fourth-order valence-electron chi connectivity index (χ4n) is 2.65. The van der Waals surface area contributed by atoms with Crippen LogP contribution in [0.1, 0.15) is 18.9 Å². The van der Waals surface area contributed by atoms with Gasteiger partial charge in [0, 0.05) is 15.5 Å². The Labute approximate surface area is 135 Å². The minimum Gasteiger partial charge on any atom is -0.507 e. The van der Waals surface area contributed by atoms with Crippen LogP contribution in [0.4, 0.5) is 0 Å². The Morgan fingerprint density at radius 3 is 2.76 bits per heavy atom. The molecule has 1 aliphatic rings. The average Bonchev–Trinajstić information content (AvgIpc) is 3.22. The van der Waals surface area contributed by atoms with E-state index in [2.05, 4.69) is 20.5 Å². The summed E-state index contributed by atoms with van der Waals surface area (Å²) in [5.41, 5.74) is 2.67. The molecule has 0 bridgehead atoms. The lowest BCUT2D eigenvalue weighted by atomic mass is 10.2. The summed E-state index contributed by atoms with van der Waals surface area (Å²) in [5, 5.41) is 10.9. The summed E-state index contributed by atoms with van der Waals surface area (Å²) in [4.78, 5) is 4.71. The van der Waals surface area contributed by atoms with Gasteiger partial charge in [-0.3, -0.25) is 0 Å². The second-order valence-corrected chi connectivity index (χ2v) is 6.68. The minimum atomic E-state index is 0.238. The van der Waals surface area contributed by atoms with Gasteiger partial charge in [0.15, 0.2) is 0 Å². The second-order valence-electron chi connectivity index (χ2n) is 5.33. The molecule has 0 saturated heterocycles. The van der Waals surface area contributed by atoms with Gasteiger partial charge in [-0.1, -0.05) is 27.5 Å². The normalized spacial score (nSPS) is 14.8. The molecule has 1 fully saturated rings. The van der Waals surface area contributed by atoms with E-state index in [0.29, 0.717) is 11.1 Å². The molecule has 5 heteroatoms. The molecule has 106 valence electrons. The van der Waals surface area contributed by atoms with E-state index in [-0.39, 0.29) is 5.75 Å². The van der Waals surface area contributed by atoms with Crippen LogP contribution in [0, 0.1) is 0 Å². The van der Waals surface area contributed by atoms with E-state index in [1.54, 1.807) is 6.07 Å². The molecule has 1 N–H and O–H groups in total. The Morgan fingerprint density at radius 1 is 1.19 bits per heavy atom. The smallest absolute Gasteiger partial charge is 0.145 e. The van der Waals surface area contributed by atoms with Crippen LogP contribution in [-0.4, -0.2) is 14.7 Å². The zero-order valence-electron chi connectivity index (χ0n) is 11.1. The number of benzene rings is 2. The molecule has 4 rings (SSSR count). The Morgan fingerprint density at radius 2 is 2.00 bits per heavy atom. The lowest BCUT2D eigenvalue weighted by Crippen LogP contribution is -1.97. The van der Waals surface area contributed by atoms with Crippen LogP contribution in [0.2, 0.25) is 5.02 Å².